The molecule has 0 fully saturated rings. The third-order valence-corrected chi connectivity index (χ3v) is 12.7. The fourth-order valence-electron chi connectivity index (χ4n) is 7.61. The zero-order valence-corrected chi connectivity index (χ0v) is 41.7. The molecule has 0 aliphatic carbocycles. The van der Waals surface area contributed by atoms with Gasteiger partial charge in [-0.1, -0.05) is 192 Å². The van der Waals surface area contributed by atoms with Gasteiger partial charge >= 0.3 is 7.82 Å². The van der Waals surface area contributed by atoms with E-state index in [1.54, 1.807) is 0 Å². The Labute approximate surface area is 377 Å². The minimum atomic E-state index is -4.42. The number of carbonyl (C=O) groups excluding carboxylic acids is 1. The molecular weight excluding hydrogens is 784 g/mol. The number of quaternary nitrogens is 1. The summed E-state index contributed by atoms with van der Waals surface area (Å²) in [4.78, 5) is 23.2. The van der Waals surface area contributed by atoms with Gasteiger partial charge in [0.25, 0.3) is 0 Å². The van der Waals surface area contributed by atoms with Gasteiger partial charge in [0.05, 0.1) is 39.9 Å². The van der Waals surface area contributed by atoms with E-state index in [2.05, 4.69) is 43.5 Å². The predicted octanol–water partition coefficient (Wildman–Crippen LogP) is 13.8. The van der Waals surface area contributed by atoms with Crippen molar-refractivity contribution < 1.29 is 38.0 Å². The number of hydrogen-bond donors (Lipinski definition) is 4. The van der Waals surface area contributed by atoms with E-state index in [1.807, 2.05) is 21.1 Å². The van der Waals surface area contributed by atoms with Crippen molar-refractivity contribution in [3.63, 3.8) is 0 Å². The fraction of sp³-hybridized carbons (Fsp3) is 0.902. The largest absolute Gasteiger partial charge is 0.472 e. The molecule has 4 unspecified atom stereocenters. The second-order valence-corrected chi connectivity index (χ2v) is 20.5. The van der Waals surface area contributed by atoms with Gasteiger partial charge in [0.15, 0.2) is 0 Å². The molecule has 0 aliphatic rings. The normalized spacial score (nSPS) is 14.8. The summed E-state index contributed by atoms with van der Waals surface area (Å²) >= 11 is 0. The number of nitrogens with zero attached hydrogens (tertiary/aromatic N) is 1. The van der Waals surface area contributed by atoms with Crippen LogP contribution in [-0.4, -0.2) is 84.6 Å². The lowest BCUT2D eigenvalue weighted by Crippen LogP contribution is -2.51. The molecule has 362 valence electrons. The third-order valence-electron chi connectivity index (χ3n) is 11.8. The Bertz CT molecular complexity index is 1070. The molecule has 10 heteroatoms. The van der Waals surface area contributed by atoms with Crippen LogP contribution in [0.3, 0.4) is 0 Å². The molecule has 0 aromatic heterocycles. The highest BCUT2D eigenvalue weighted by atomic mass is 31.2. The molecule has 0 saturated carbocycles. The molecule has 4 atom stereocenters. The van der Waals surface area contributed by atoms with Crippen LogP contribution in [0.1, 0.15) is 239 Å². The first-order chi connectivity index (χ1) is 29.4. The highest BCUT2D eigenvalue weighted by Crippen LogP contribution is 2.43. The van der Waals surface area contributed by atoms with Crippen LogP contribution in [0.15, 0.2) is 24.3 Å². The van der Waals surface area contributed by atoms with E-state index in [-0.39, 0.29) is 18.9 Å². The van der Waals surface area contributed by atoms with E-state index < -0.39 is 32.7 Å². The molecule has 0 radical (unpaired) electrons. The molecule has 0 aliphatic heterocycles. The first-order valence-electron chi connectivity index (χ1n) is 25.8. The Kier molecular flexibility index (Phi) is 42.1. The zero-order valence-electron chi connectivity index (χ0n) is 40.8. The average Bonchev–Trinajstić information content (AvgIpc) is 3.21. The molecule has 4 N–H and O–H groups in total. The summed E-state index contributed by atoms with van der Waals surface area (Å²) < 4.78 is 23.5. The van der Waals surface area contributed by atoms with Gasteiger partial charge in [-0.15, -0.1) is 0 Å². The van der Waals surface area contributed by atoms with Crippen molar-refractivity contribution in [3.05, 3.63) is 24.3 Å². The van der Waals surface area contributed by atoms with Gasteiger partial charge in [-0.3, -0.25) is 13.8 Å². The van der Waals surface area contributed by atoms with Gasteiger partial charge in [0.2, 0.25) is 5.91 Å². The topological polar surface area (TPSA) is 125 Å². The van der Waals surface area contributed by atoms with Crippen LogP contribution in [0.5, 0.6) is 0 Å². The number of carbonyl (C=O) groups is 1. The van der Waals surface area contributed by atoms with E-state index in [0.717, 1.165) is 32.1 Å². The Morgan fingerprint density at radius 1 is 0.557 bits per heavy atom. The molecule has 0 aromatic carbocycles. The highest BCUT2D eigenvalue weighted by Gasteiger charge is 2.31. The number of aliphatic hydroxyl groups excluding tert-OH is 2. The van der Waals surface area contributed by atoms with E-state index >= 15 is 0 Å². The molecule has 0 bridgehead atoms. The molecule has 0 aromatic rings. The van der Waals surface area contributed by atoms with Crippen LogP contribution < -0.4 is 5.32 Å². The number of likely N-dealkylation sites (N-methyl/N-ethyl adjacent to an activating group) is 1. The van der Waals surface area contributed by atoms with Crippen molar-refractivity contribution in [2.75, 3.05) is 40.9 Å². The van der Waals surface area contributed by atoms with Crippen LogP contribution in [0, 0.1) is 0 Å². The smallest absolute Gasteiger partial charge is 0.390 e. The van der Waals surface area contributed by atoms with E-state index in [0.29, 0.717) is 23.9 Å². The van der Waals surface area contributed by atoms with Gasteiger partial charge < -0.3 is 24.9 Å². The molecule has 61 heavy (non-hydrogen) atoms. The van der Waals surface area contributed by atoms with Gasteiger partial charge in [0, 0.05) is 6.42 Å². The van der Waals surface area contributed by atoms with Crippen LogP contribution in [0.25, 0.3) is 0 Å². The Morgan fingerprint density at radius 3 is 1.31 bits per heavy atom. The number of aliphatic hydroxyl groups is 2. The van der Waals surface area contributed by atoms with Crippen molar-refractivity contribution in [1.82, 2.24) is 5.32 Å². The summed E-state index contributed by atoms with van der Waals surface area (Å²) in [6.07, 6.45) is 48.3. The number of nitrogens with one attached hydrogen (secondary N) is 1. The fourth-order valence-corrected chi connectivity index (χ4v) is 8.35. The molecule has 1 amide bonds. The lowest BCUT2D eigenvalue weighted by molar-refractivity contribution is -0.870. The Hall–Kier alpha value is -1.06. The monoisotopic (exact) mass is 886 g/mol. The van der Waals surface area contributed by atoms with Crippen molar-refractivity contribution in [1.29, 1.82) is 0 Å². The summed E-state index contributed by atoms with van der Waals surface area (Å²) in [5, 5.41) is 24.7. The molecule has 9 nitrogen and oxygen atoms in total. The molecule has 0 spiro atoms. The van der Waals surface area contributed by atoms with Gasteiger partial charge in [-0.2, -0.15) is 0 Å². The van der Waals surface area contributed by atoms with Crippen LogP contribution >= 0.6 is 7.82 Å². The average molecular weight is 886 g/mol. The minimum Gasteiger partial charge on any atom is -0.390 e. The predicted molar refractivity (Wildman–Crippen MR) is 260 cm³/mol. The number of hydrogen-bond acceptors (Lipinski definition) is 6. The summed E-state index contributed by atoms with van der Waals surface area (Å²) in [6.45, 7) is 4.59. The van der Waals surface area contributed by atoms with Gasteiger partial charge in [-0.25, -0.2) is 4.57 Å². The van der Waals surface area contributed by atoms with Gasteiger partial charge in [0.1, 0.15) is 19.3 Å². The lowest BCUT2D eigenvalue weighted by Gasteiger charge is -2.28. The summed E-state index contributed by atoms with van der Waals surface area (Å²) in [5.41, 5.74) is 0. The summed E-state index contributed by atoms with van der Waals surface area (Å²) in [6, 6.07) is -1.05. The quantitative estimate of drug-likeness (QED) is 0.0208. The second kappa shape index (κ2) is 42.9. The second-order valence-electron chi connectivity index (χ2n) is 19.0. The van der Waals surface area contributed by atoms with Crippen LogP contribution in [-0.2, 0) is 18.4 Å². The van der Waals surface area contributed by atoms with Gasteiger partial charge in [-0.05, 0) is 64.2 Å². The van der Waals surface area contributed by atoms with E-state index in [9.17, 15) is 24.5 Å². The van der Waals surface area contributed by atoms with Crippen LogP contribution in [0.4, 0.5) is 0 Å². The lowest BCUT2D eigenvalue weighted by atomic mass is 10.0. The number of phosphoric ester groups is 1. The Morgan fingerprint density at radius 2 is 0.918 bits per heavy atom. The first kappa shape index (κ1) is 59.9. The van der Waals surface area contributed by atoms with E-state index in [1.165, 1.54) is 173 Å². The van der Waals surface area contributed by atoms with Crippen molar-refractivity contribution >= 4 is 13.7 Å². The number of phosphoric acid groups is 1. The zero-order chi connectivity index (χ0) is 45.1. The van der Waals surface area contributed by atoms with E-state index in [4.69, 9.17) is 9.05 Å². The van der Waals surface area contributed by atoms with Crippen molar-refractivity contribution in [2.24, 2.45) is 0 Å². The third kappa shape index (κ3) is 43.9. The first-order valence-corrected chi connectivity index (χ1v) is 27.3. The van der Waals surface area contributed by atoms with Crippen LogP contribution in [0.2, 0.25) is 0 Å². The number of rotatable bonds is 47. The van der Waals surface area contributed by atoms with Crippen molar-refractivity contribution in [3.8, 4) is 0 Å². The number of allylic oxidation sites excluding steroid dienone is 4. The van der Waals surface area contributed by atoms with Crippen molar-refractivity contribution in [2.45, 2.75) is 257 Å². The minimum absolute atomic E-state index is 0.0177. The standard InChI is InChI=1S/C51H101N2O7P/c1-6-8-10-12-14-16-18-20-21-22-23-24-25-26-27-28-29-30-31-32-34-36-38-40-42-44-50(55)52-48(47-60-61(57,58)59-46-45-53(3,4)5)51(56)49(54)43-41-39-37-35-33-19-17-15-13-11-9-7-2/h22-23,35,37,48-49,51,54,56H,6-21,24-34,36,38-47H2,1-5H3,(H-,52,55,57,58)/p+1/b23-22-,37-35+. The maximum atomic E-state index is 13.0. The maximum Gasteiger partial charge on any atom is 0.472 e. The molecule has 0 saturated heterocycles. The molecular formula is C51H102N2O7P+. The highest BCUT2D eigenvalue weighted by molar-refractivity contribution is 7.47. The maximum absolute atomic E-state index is 13.0. The molecule has 0 rings (SSSR count). The summed E-state index contributed by atoms with van der Waals surface area (Å²) in [7, 11) is 1.42. The number of unbranched alkanes of at least 4 members (excludes halogenated alkanes) is 29. The SMILES string of the molecule is CCCCCCCCC/C=C/CCCC(O)C(O)C(COP(=O)(O)OCC[N+](C)(C)C)NC(=O)CCCCCCCCCCCCCCC/C=C\CCCCCCCCCC. The molecule has 0 heterocycles. The number of amides is 1. The Balaban J connectivity index is 4.27. The summed E-state index contributed by atoms with van der Waals surface area (Å²) in [5.74, 6) is -0.266.